The summed E-state index contributed by atoms with van der Waals surface area (Å²) in [5, 5.41) is 11.4. The lowest BCUT2D eigenvalue weighted by Gasteiger charge is -2.08. The average molecular weight is 259 g/mol. The van der Waals surface area contributed by atoms with E-state index in [1.165, 1.54) is 6.08 Å². The quantitative estimate of drug-likeness (QED) is 0.609. The van der Waals surface area contributed by atoms with Crippen LogP contribution in [0.1, 0.15) is 18.9 Å². The first-order chi connectivity index (χ1) is 9.13. The molecule has 4 nitrogen and oxygen atoms in total. The highest BCUT2D eigenvalue weighted by Crippen LogP contribution is 2.16. The number of aryl methyl sites for hydroxylation is 1. The number of amides is 1. The summed E-state index contributed by atoms with van der Waals surface area (Å²) in [5.41, 5.74) is 1.47. The molecule has 0 aliphatic rings. The molecule has 0 radical (unpaired) electrons. The first kappa shape index (κ1) is 14.7. The molecule has 1 rings (SSSR count). The molecule has 0 atom stereocenters. The van der Waals surface area contributed by atoms with E-state index in [1.807, 2.05) is 25.1 Å². The standard InChI is InChI=1S/C15H17NO3/c1-2-3-4-9-14(17)16-13-8-6-5-7-12(13)10-11-15(18)19/h2-9H,10-11H2,1H3,(H,16,17)(H,18,19). The van der Waals surface area contributed by atoms with Gasteiger partial charge in [0.05, 0.1) is 0 Å². The van der Waals surface area contributed by atoms with Gasteiger partial charge >= 0.3 is 5.97 Å². The van der Waals surface area contributed by atoms with Gasteiger partial charge in [-0.05, 0) is 25.0 Å². The zero-order chi connectivity index (χ0) is 14.1. The van der Waals surface area contributed by atoms with Crippen molar-refractivity contribution in [2.24, 2.45) is 0 Å². The van der Waals surface area contributed by atoms with Crippen LogP contribution in [0.15, 0.2) is 48.6 Å². The molecule has 0 saturated carbocycles. The Bertz CT molecular complexity index is 504. The number of carbonyl (C=O) groups excluding carboxylic acids is 1. The van der Waals surface area contributed by atoms with Gasteiger partial charge in [-0.2, -0.15) is 0 Å². The molecule has 0 aliphatic heterocycles. The maximum atomic E-state index is 11.6. The zero-order valence-corrected chi connectivity index (χ0v) is 10.8. The molecule has 0 unspecified atom stereocenters. The number of hydrogen-bond donors (Lipinski definition) is 2. The Morgan fingerprint density at radius 3 is 2.68 bits per heavy atom. The van der Waals surface area contributed by atoms with Crippen LogP contribution in [-0.4, -0.2) is 17.0 Å². The number of benzene rings is 1. The Hall–Kier alpha value is -2.36. The number of para-hydroxylation sites is 1. The summed E-state index contributed by atoms with van der Waals surface area (Å²) in [6.07, 6.45) is 7.09. The Balaban J connectivity index is 2.71. The smallest absolute Gasteiger partial charge is 0.303 e. The van der Waals surface area contributed by atoms with Crippen LogP contribution in [0.25, 0.3) is 0 Å². The lowest BCUT2D eigenvalue weighted by molar-refractivity contribution is -0.136. The summed E-state index contributed by atoms with van der Waals surface area (Å²) >= 11 is 0. The summed E-state index contributed by atoms with van der Waals surface area (Å²) in [7, 11) is 0. The monoisotopic (exact) mass is 259 g/mol. The average Bonchev–Trinajstić information content (AvgIpc) is 2.38. The summed E-state index contributed by atoms with van der Waals surface area (Å²) < 4.78 is 0. The molecule has 0 saturated heterocycles. The first-order valence-corrected chi connectivity index (χ1v) is 6.03. The van der Waals surface area contributed by atoms with Crippen molar-refractivity contribution in [1.29, 1.82) is 0 Å². The maximum absolute atomic E-state index is 11.6. The maximum Gasteiger partial charge on any atom is 0.303 e. The van der Waals surface area contributed by atoms with Crippen LogP contribution >= 0.6 is 0 Å². The number of anilines is 1. The Kier molecular flexibility index (Phi) is 6.09. The van der Waals surface area contributed by atoms with E-state index < -0.39 is 5.97 Å². The molecular weight excluding hydrogens is 242 g/mol. The molecule has 0 aliphatic carbocycles. The molecule has 4 heteroatoms. The summed E-state index contributed by atoms with van der Waals surface area (Å²) in [5.74, 6) is -1.09. The third-order valence-corrected chi connectivity index (χ3v) is 2.43. The number of hydrogen-bond acceptors (Lipinski definition) is 2. The molecule has 0 heterocycles. The van der Waals surface area contributed by atoms with Crippen molar-refractivity contribution in [1.82, 2.24) is 0 Å². The zero-order valence-electron chi connectivity index (χ0n) is 10.8. The molecule has 0 spiro atoms. The minimum Gasteiger partial charge on any atom is -0.481 e. The summed E-state index contributed by atoms with van der Waals surface area (Å²) in [6, 6.07) is 7.20. The van der Waals surface area contributed by atoms with Crippen molar-refractivity contribution < 1.29 is 14.7 Å². The molecule has 0 fully saturated rings. The Labute approximate surface area is 112 Å². The fourth-order valence-corrected chi connectivity index (χ4v) is 1.53. The van der Waals surface area contributed by atoms with Crippen LogP contribution in [0.4, 0.5) is 5.69 Å². The van der Waals surface area contributed by atoms with Crippen LogP contribution in [0.3, 0.4) is 0 Å². The van der Waals surface area contributed by atoms with Gasteiger partial charge in [0.25, 0.3) is 0 Å². The second kappa shape index (κ2) is 7.87. The second-order valence-corrected chi connectivity index (χ2v) is 3.93. The van der Waals surface area contributed by atoms with Crippen molar-refractivity contribution in [2.45, 2.75) is 19.8 Å². The van der Waals surface area contributed by atoms with E-state index in [0.717, 1.165) is 5.56 Å². The highest BCUT2D eigenvalue weighted by atomic mass is 16.4. The summed E-state index contributed by atoms with van der Waals surface area (Å²) in [6.45, 7) is 1.86. The van der Waals surface area contributed by atoms with Crippen LogP contribution in [0.2, 0.25) is 0 Å². The van der Waals surface area contributed by atoms with Crippen LogP contribution in [0, 0.1) is 0 Å². The lowest BCUT2D eigenvalue weighted by atomic mass is 10.1. The predicted molar refractivity (Wildman–Crippen MR) is 75.0 cm³/mol. The Morgan fingerprint density at radius 2 is 2.00 bits per heavy atom. The first-order valence-electron chi connectivity index (χ1n) is 6.03. The largest absolute Gasteiger partial charge is 0.481 e. The van der Waals surface area contributed by atoms with Crippen LogP contribution in [-0.2, 0) is 16.0 Å². The predicted octanol–water partition coefficient (Wildman–Crippen LogP) is 2.77. The fraction of sp³-hybridized carbons (Fsp3) is 0.200. The van der Waals surface area contributed by atoms with Crippen LogP contribution < -0.4 is 5.32 Å². The fourth-order valence-electron chi connectivity index (χ4n) is 1.53. The number of carbonyl (C=O) groups is 2. The number of carboxylic acid groups (broad SMARTS) is 1. The Morgan fingerprint density at radius 1 is 1.26 bits per heavy atom. The van der Waals surface area contributed by atoms with Gasteiger partial charge in [-0.3, -0.25) is 9.59 Å². The van der Waals surface area contributed by atoms with Gasteiger partial charge in [0.15, 0.2) is 0 Å². The van der Waals surface area contributed by atoms with Gasteiger partial charge < -0.3 is 10.4 Å². The van der Waals surface area contributed by atoms with E-state index in [9.17, 15) is 9.59 Å². The molecular formula is C15H17NO3. The molecule has 0 bridgehead atoms. The van der Waals surface area contributed by atoms with Crippen molar-refractivity contribution in [3.05, 3.63) is 54.1 Å². The minimum absolute atomic E-state index is 0.0430. The van der Waals surface area contributed by atoms with Gasteiger partial charge in [0.2, 0.25) is 5.91 Å². The van der Waals surface area contributed by atoms with E-state index in [2.05, 4.69) is 5.32 Å². The molecule has 100 valence electrons. The highest BCUT2D eigenvalue weighted by Gasteiger charge is 2.06. The van der Waals surface area contributed by atoms with Crippen molar-refractivity contribution in [2.75, 3.05) is 5.32 Å². The van der Waals surface area contributed by atoms with Gasteiger partial charge in [-0.25, -0.2) is 0 Å². The molecule has 2 N–H and O–H groups in total. The third kappa shape index (κ3) is 5.68. The van der Waals surface area contributed by atoms with E-state index in [-0.39, 0.29) is 12.3 Å². The lowest BCUT2D eigenvalue weighted by Crippen LogP contribution is -2.10. The van der Waals surface area contributed by atoms with E-state index in [4.69, 9.17) is 5.11 Å². The molecule has 19 heavy (non-hydrogen) atoms. The second-order valence-electron chi connectivity index (χ2n) is 3.93. The number of nitrogens with one attached hydrogen (secondary N) is 1. The van der Waals surface area contributed by atoms with Gasteiger partial charge in [-0.1, -0.05) is 36.4 Å². The number of carboxylic acids is 1. The SMILES string of the molecule is CC=CC=CC(=O)Nc1ccccc1CCC(=O)O. The normalized spacial score (nSPS) is 11.0. The van der Waals surface area contributed by atoms with Gasteiger partial charge in [-0.15, -0.1) is 0 Å². The van der Waals surface area contributed by atoms with E-state index in [0.29, 0.717) is 12.1 Å². The molecule has 0 aromatic heterocycles. The molecule has 1 amide bonds. The van der Waals surface area contributed by atoms with Crippen molar-refractivity contribution in [3.8, 4) is 0 Å². The van der Waals surface area contributed by atoms with E-state index in [1.54, 1.807) is 24.3 Å². The van der Waals surface area contributed by atoms with Crippen LogP contribution in [0.5, 0.6) is 0 Å². The van der Waals surface area contributed by atoms with Crippen molar-refractivity contribution >= 4 is 17.6 Å². The van der Waals surface area contributed by atoms with E-state index >= 15 is 0 Å². The summed E-state index contributed by atoms with van der Waals surface area (Å²) in [4.78, 5) is 22.2. The topological polar surface area (TPSA) is 66.4 Å². The van der Waals surface area contributed by atoms with Gasteiger partial charge in [0.1, 0.15) is 0 Å². The minimum atomic E-state index is -0.853. The highest BCUT2D eigenvalue weighted by molar-refractivity contribution is 5.99. The molecule has 1 aromatic rings. The number of aliphatic carboxylic acids is 1. The van der Waals surface area contributed by atoms with Crippen molar-refractivity contribution in [3.63, 3.8) is 0 Å². The van der Waals surface area contributed by atoms with Gasteiger partial charge in [0, 0.05) is 18.2 Å². The number of rotatable bonds is 6. The molecule has 1 aromatic carbocycles. The third-order valence-electron chi connectivity index (χ3n) is 2.43. The number of allylic oxidation sites excluding steroid dienone is 3.